The van der Waals surface area contributed by atoms with Crippen LogP contribution in [0.2, 0.25) is 0 Å². The number of aliphatic imine (C=N–C) groups is 1. The Morgan fingerprint density at radius 2 is 2.08 bits per heavy atom. The van der Waals surface area contributed by atoms with Crippen LogP contribution in [0.1, 0.15) is 22.3 Å². The second-order valence-electron chi connectivity index (χ2n) is 6.08. The van der Waals surface area contributed by atoms with E-state index < -0.39 is 0 Å². The van der Waals surface area contributed by atoms with Crippen molar-refractivity contribution in [3.8, 4) is 0 Å². The van der Waals surface area contributed by atoms with Crippen molar-refractivity contribution < 1.29 is 4.79 Å². The molecular formula is C21H14N2OS. The summed E-state index contributed by atoms with van der Waals surface area (Å²) in [5.41, 5.74) is 4.44. The van der Waals surface area contributed by atoms with Gasteiger partial charge in [0.1, 0.15) is 0 Å². The van der Waals surface area contributed by atoms with Gasteiger partial charge in [0.05, 0.1) is 11.4 Å². The zero-order valence-electron chi connectivity index (χ0n) is 13.3. The van der Waals surface area contributed by atoms with E-state index in [-0.39, 0.29) is 5.78 Å². The van der Waals surface area contributed by atoms with Crippen LogP contribution >= 0.6 is 11.8 Å². The van der Waals surface area contributed by atoms with Gasteiger partial charge in [-0.2, -0.15) is 0 Å². The molecule has 2 aliphatic rings. The summed E-state index contributed by atoms with van der Waals surface area (Å²) in [6.07, 6.45) is 8.93. The second kappa shape index (κ2) is 5.60. The summed E-state index contributed by atoms with van der Waals surface area (Å²) in [7, 11) is 0. The largest absolute Gasteiger partial charge is 0.360 e. The average Bonchev–Trinajstić information content (AvgIpc) is 3.09. The molecule has 4 heteroatoms. The lowest BCUT2D eigenvalue weighted by atomic mass is 10.0. The molecule has 120 valence electrons. The Kier molecular flexibility index (Phi) is 3.25. The van der Waals surface area contributed by atoms with Gasteiger partial charge in [-0.3, -0.25) is 9.79 Å². The molecule has 0 unspecified atom stereocenters. The van der Waals surface area contributed by atoms with Crippen LogP contribution in [-0.4, -0.2) is 16.5 Å². The molecular weight excluding hydrogens is 328 g/mol. The molecule has 0 bridgehead atoms. The number of thioether (sulfide) groups is 1. The number of ketones is 1. The van der Waals surface area contributed by atoms with Crippen LogP contribution in [0.4, 0.5) is 5.69 Å². The van der Waals surface area contributed by atoms with E-state index in [2.05, 4.69) is 23.2 Å². The number of hydrogen-bond donors (Lipinski definition) is 1. The number of fused-ring (bicyclic) bond motifs is 3. The molecule has 0 saturated heterocycles. The number of aromatic amines is 1. The van der Waals surface area contributed by atoms with Crippen molar-refractivity contribution >= 4 is 39.8 Å². The number of H-pyrrole nitrogens is 1. The minimum Gasteiger partial charge on any atom is -0.360 e. The molecule has 1 N–H and O–H groups in total. The highest BCUT2D eigenvalue weighted by Gasteiger charge is 2.21. The van der Waals surface area contributed by atoms with Crippen LogP contribution in [0.3, 0.4) is 0 Å². The number of hydrogen-bond acceptors (Lipinski definition) is 3. The van der Waals surface area contributed by atoms with Crippen LogP contribution < -0.4 is 0 Å². The van der Waals surface area contributed by atoms with Gasteiger partial charge in [0.15, 0.2) is 5.78 Å². The quantitative estimate of drug-likeness (QED) is 0.632. The second-order valence-corrected chi connectivity index (χ2v) is 7.17. The number of rotatable bonds is 2. The average molecular weight is 342 g/mol. The molecule has 25 heavy (non-hydrogen) atoms. The molecule has 0 saturated carbocycles. The Morgan fingerprint density at radius 1 is 1.16 bits per heavy atom. The summed E-state index contributed by atoms with van der Waals surface area (Å²) >= 11 is 1.69. The van der Waals surface area contributed by atoms with Crippen LogP contribution in [-0.2, 0) is 0 Å². The van der Waals surface area contributed by atoms with E-state index in [4.69, 9.17) is 4.99 Å². The molecule has 0 atom stereocenters. The van der Waals surface area contributed by atoms with Crippen molar-refractivity contribution in [2.45, 2.75) is 11.3 Å². The van der Waals surface area contributed by atoms with Gasteiger partial charge >= 0.3 is 0 Å². The number of para-hydroxylation sites is 1. The molecule has 3 aromatic rings. The third-order valence-corrected chi connectivity index (χ3v) is 5.65. The maximum absolute atomic E-state index is 13.0. The monoisotopic (exact) mass is 342 g/mol. The Labute approximate surface area is 149 Å². The Balaban J connectivity index is 1.56. The van der Waals surface area contributed by atoms with Gasteiger partial charge in [0.2, 0.25) is 0 Å². The molecule has 3 nitrogen and oxygen atoms in total. The zero-order valence-corrected chi connectivity index (χ0v) is 14.1. The molecule has 0 fully saturated rings. The minimum absolute atomic E-state index is 0.0353. The van der Waals surface area contributed by atoms with E-state index in [1.165, 1.54) is 4.91 Å². The van der Waals surface area contributed by atoms with Crippen LogP contribution in [0, 0.1) is 0 Å². The molecule has 5 rings (SSSR count). The maximum atomic E-state index is 13.0. The van der Waals surface area contributed by atoms with Crippen molar-refractivity contribution in [3.63, 3.8) is 0 Å². The lowest BCUT2D eigenvalue weighted by molar-refractivity contribution is 0.104. The number of carbonyl (C=O) groups excluding carboxylic acids is 1. The number of nitrogens with one attached hydrogen (secondary N) is 1. The highest BCUT2D eigenvalue weighted by Crippen LogP contribution is 2.42. The highest BCUT2D eigenvalue weighted by molar-refractivity contribution is 8.04. The molecule has 0 radical (unpaired) electrons. The summed E-state index contributed by atoms with van der Waals surface area (Å²) in [5.74, 6) is 0.0353. The number of allylic oxidation sites excluding steroid dienone is 4. The van der Waals surface area contributed by atoms with Crippen molar-refractivity contribution in [2.75, 3.05) is 0 Å². The van der Waals surface area contributed by atoms with E-state index in [1.54, 1.807) is 18.0 Å². The lowest BCUT2D eigenvalue weighted by Gasteiger charge is -2.19. The fourth-order valence-corrected chi connectivity index (χ4v) is 4.27. The Hall–Kier alpha value is -2.85. The number of benzene rings is 2. The van der Waals surface area contributed by atoms with Gasteiger partial charge in [-0.25, -0.2) is 0 Å². The fourth-order valence-electron chi connectivity index (χ4n) is 3.23. The molecule has 0 spiro atoms. The van der Waals surface area contributed by atoms with Gasteiger partial charge in [0.25, 0.3) is 0 Å². The lowest BCUT2D eigenvalue weighted by Crippen LogP contribution is -2.06. The van der Waals surface area contributed by atoms with E-state index in [1.807, 2.05) is 42.5 Å². The number of carbonyl (C=O) groups is 1. The first-order chi connectivity index (χ1) is 12.3. The van der Waals surface area contributed by atoms with Gasteiger partial charge in [-0.15, -0.1) is 0 Å². The smallest absolute Gasteiger partial charge is 0.195 e. The summed E-state index contributed by atoms with van der Waals surface area (Å²) < 4.78 is 0. The zero-order chi connectivity index (χ0) is 16.8. The summed E-state index contributed by atoms with van der Waals surface area (Å²) in [5, 5.41) is 0.957. The molecule has 2 heterocycles. The van der Waals surface area contributed by atoms with Crippen LogP contribution in [0.5, 0.6) is 0 Å². The minimum atomic E-state index is 0.0353. The molecule has 1 aliphatic carbocycles. The van der Waals surface area contributed by atoms with E-state index in [0.717, 1.165) is 33.6 Å². The summed E-state index contributed by atoms with van der Waals surface area (Å²) in [6, 6.07) is 13.7. The summed E-state index contributed by atoms with van der Waals surface area (Å²) in [4.78, 5) is 23.1. The van der Waals surface area contributed by atoms with Crippen LogP contribution in [0.25, 0.3) is 10.9 Å². The third kappa shape index (κ3) is 2.37. The molecule has 0 amide bonds. The highest BCUT2D eigenvalue weighted by atomic mass is 32.2. The SMILES string of the molecule is O=C(c1ccc2c(c1)SC1=CC=CCC1=N2)c1c[nH]c2ccccc12. The Bertz CT molecular complexity index is 1120. The van der Waals surface area contributed by atoms with E-state index in [9.17, 15) is 4.79 Å². The normalized spacial score (nSPS) is 15.4. The molecule has 1 aromatic heterocycles. The molecule has 2 aromatic carbocycles. The van der Waals surface area contributed by atoms with Crippen LogP contribution in [0.15, 0.2) is 81.7 Å². The van der Waals surface area contributed by atoms with Gasteiger partial charge in [-0.05, 0) is 30.3 Å². The first-order valence-electron chi connectivity index (χ1n) is 8.17. The fraction of sp³-hybridized carbons (Fsp3) is 0.0476. The van der Waals surface area contributed by atoms with Crippen molar-refractivity contribution in [2.24, 2.45) is 4.99 Å². The summed E-state index contributed by atoms with van der Waals surface area (Å²) in [6.45, 7) is 0. The van der Waals surface area contributed by atoms with Gasteiger partial charge in [0, 0.05) is 44.4 Å². The van der Waals surface area contributed by atoms with E-state index >= 15 is 0 Å². The number of nitrogens with zero attached hydrogens (tertiary/aromatic N) is 1. The first kappa shape index (κ1) is 14.5. The predicted octanol–water partition coefficient (Wildman–Crippen LogP) is 5.42. The standard InChI is InChI=1S/C21H14N2OS/c24-21(15-12-22-16-6-2-1-5-14(15)16)13-9-10-18-20(11-13)25-19-8-4-3-7-17(19)23-18/h1-6,8-12,22H,7H2. The first-order valence-corrected chi connectivity index (χ1v) is 8.99. The molecule has 1 aliphatic heterocycles. The number of aromatic nitrogens is 1. The topological polar surface area (TPSA) is 45.2 Å². The predicted molar refractivity (Wildman–Crippen MR) is 103 cm³/mol. The van der Waals surface area contributed by atoms with Crippen molar-refractivity contribution in [1.82, 2.24) is 4.98 Å². The van der Waals surface area contributed by atoms with E-state index in [0.29, 0.717) is 11.1 Å². The van der Waals surface area contributed by atoms with Gasteiger partial charge in [-0.1, -0.05) is 42.1 Å². The van der Waals surface area contributed by atoms with Crippen molar-refractivity contribution in [3.05, 3.63) is 82.9 Å². The maximum Gasteiger partial charge on any atom is 0.195 e. The Morgan fingerprint density at radius 3 is 3.04 bits per heavy atom. The third-order valence-electron chi connectivity index (χ3n) is 4.51. The van der Waals surface area contributed by atoms with Crippen molar-refractivity contribution in [1.29, 1.82) is 0 Å². The van der Waals surface area contributed by atoms with Gasteiger partial charge < -0.3 is 4.98 Å².